The first-order chi connectivity index (χ1) is 9.49. The van der Waals surface area contributed by atoms with E-state index in [0.717, 1.165) is 11.6 Å². The third kappa shape index (κ3) is 3.35. The Morgan fingerprint density at radius 1 is 1.10 bits per heavy atom. The number of benzene rings is 2. The molecule has 20 heavy (non-hydrogen) atoms. The Hall–Kier alpha value is -1.45. The van der Waals surface area contributed by atoms with Gasteiger partial charge in [-0.3, -0.25) is 0 Å². The zero-order valence-electron chi connectivity index (χ0n) is 11.4. The van der Waals surface area contributed by atoms with Crippen molar-refractivity contribution in [1.29, 1.82) is 0 Å². The van der Waals surface area contributed by atoms with E-state index in [-0.39, 0.29) is 5.56 Å². The molecule has 2 aromatic carbocycles. The van der Waals surface area contributed by atoms with Gasteiger partial charge in [0.15, 0.2) is 11.6 Å². The molecule has 0 aliphatic rings. The molecule has 0 amide bonds. The molecule has 0 spiro atoms. The van der Waals surface area contributed by atoms with E-state index in [0.29, 0.717) is 23.2 Å². The Balaban J connectivity index is 2.47. The van der Waals surface area contributed by atoms with Crippen LogP contribution in [0.4, 0.5) is 8.78 Å². The van der Waals surface area contributed by atoms with E-state index >= 15 is 0 Å². The largest absolute Gasteiger partial charge is 0.310 e. The minimum Gasteiger partial charge on any atom is -0.310 e. The molecular weight excluding hydrogens is 280 g/mol. The third-order valence-electron chi connectivity index (χ3n) is 3.01. The highest BCUT2D eigenvalue weighted by Gasteiger charge is 2.13. The van der Waals surface area contributed by atoms with Crippen molar-refractivity contribution < 1.29 is 8.78 Å². The maximum absolute atomic E-state index is 13.9. The highest BCUT2D eigenvalue weighted by molar-refractivity contribution is 6.30. The highest BCUT2D eigenvalue weighted by Crippen LogP contribution is 2.29. The molecule has 0 atom stereocenters. The van der Waals surface area contributed by atoms with Crippen molar-refractivity contribution in [3.8, 4) is 11.1 Å². The van der Waals surface area contributed by atoms with Crippen LogP contribution in [0.5, 0.6) is 0 Å². The Morgan fingerprint density at radius 2 is 1.85 bits per heavy atom. The Labute approximate surface area is 122 Å². The maximum atomic E-state index is 13.9. The minimum atomic E-state index is -0.847. The second kappa shape index (κ2) is 6.33. The van der Waals surface area contributed by atoms with Gasteiger partial charge in [0, 0.05) is 23.2 Å². The van der Waals surface area contributed by atoms with Gasteiger partial charge in [0.1, 0.15) is 0 Å². The fraction of sp³-hybridized carbons (Fsp3) is 0.250. The predicted octanol–water partition coefficient (Wildman–Crippen LogP) is 4.78. The summed E-state index contributed by atoms with van der Waals surface area (Å²) < 4.78 is 27.3. The van der Waals surface area contributed by atoms with E-state index in [1.54, 1.807) is 24.3 Å². The van der Waals surface area contributed by atoms with Crippen LogP contribution >= 0.6 is 11.6 Å². The van der Waals surface area contributed by atoms with Crippen LogP contribution in [0, 0.1) is 11.6 Å². The van der Waals surface area contributed by atoms with Crippen LogP contribution in [0.25, 0.3) is 11.1 Å². The molecule has 0 aliphatic carbocycles. The lowest BCUT2D eigenvalue weighted by molar-refractivity contribution is 0.511. The average molecular weight is 296 g/mol. The van der Waals surface area contributed by atoms with Gasteiger partial charge in [-0.15, -0.1) is 0 Å². The van der Waals surface area contributed by atoms with Crippen LogP contribution in [0.15, 0.2) is 36.4 Å². The van der Waals surface area contributed by atoms with Crippen molar-refractivity contribution in [3.05, 3.63) is 58.6 Å². The van der Waals surface area contributed by atoms with Crippen molar-refractivity contribution in [3.63, 3.8) is 0 Å². The second-order valence-electron chi connectivity index (χ2n) is 4.94. The fourth-order valence-electron chi connectivity index (χ4n) is 2.00. The summed E-state index contributed by atoms with van der Waals surface area (Å²) in [5.41, 5.74) is 1.75. The fourth-order valence-corrected chi connectivity index (χ4v) is 2.19. The van der Waals surface area contributed by atoms with Crippen LogP contribution in [-0.2, 0) is 6.54 Å². The van der Waals surface area contributed by atoms with Gasteiger partial charge in [0.25, 0.3) is 0 Å². The van der Waals surface area contributed by atoms with Gasteiger partial charge < -0.3 is 5.32 Å². The molecule has 2 aromatic rings. The molecule has 0 heterocycles. The molecule has 0 fully saturated rings. The van der Waals surface area contributed by atoms with Gasteiger partial charge in [-0.1, -0.05) is 43.6 Å². The smallest absolute Gasteiger partial charge is 0.166 e. The van der Waals surface area contributed by atoms with Gasteiger partial charge >= 0.3 is 0 Å². The molecule has 0 aliphatic heterocycles. The number of hydrogen-bond acceptors (Lipinski definition) is 1. The first-order valence-corrected chi connectivity index (χ1v) is 6.83. The monoisotopic (exact) mass is 295 g/mol. The quantitative estimate of drug-likeness (QED) is 0.855. The third-order valence-corrected chi connectivity index (χ3v) is 3.24. The second-order valence-corrected chi connectivity index (χ2v) is 5.37. The summed E-state index contributed by atoms with van der Waals surface area (Å²) in [6, 6.07) is 9.65. The van der Waals surface area contributed by atoms with Crippen molar-refractivity contribution in [2.75, 3.05) is 0 Å². The summed E-state index contributed by atoms with van der Waals surface area (Å²) in [4.78, 5) is 0. The molecule has 0 aromatic heterocycles. The van der Waals surface area contributed by atoms with E-state index in [4.69, 9.17) is 11.6 Å². The van der Waals surface area contributed by atoms with Crippen LogP contribution < -0.4 is 5.32 Å². The molecule has 0 saturated heterocycles. The first-order valence-electron chi connectivity index (χ1n) is 6.45. The minimum absolute atomic E-state index is 0.252. The zero-order chi connectivity index (χ0) is 14.7. The van der Waals surface area contributed by atoms with E-state index in [1.165, 1.54) is 6.07 Å². The Morgan fingerprint density at radius 3 is 2.55 bits per heavy atom. The molecular formula is C16H16ClF2N. The zero-order valence-corrected chi connectivity index (χ0v) is 12.1. The van der Waals surface area contributed by atoms with Gasteiger partial charge in [0.2, 0.25) is 0 Å². The Bertz CT molecular complexity index is 611. The lowest BCUT2D eigenvalue weighted by atomic mass is 9.99. The van der Waals surface area contributed by atoms with Gasteiger partial charge in [-0.2, -0.15) is 0 Å². The van der Waals surface area contributed by atoms with E-state index < -0.39 is 11.6 Å². The van der Waals surface area contributed by atoms with E-state index in [2.05, 4.69) is 5.32 Å². The molecule has 2 rings (SSSR count). The van der Waals surface area contributed by atoms with Gasteiger partial charge in [0.05, 0.1) is 0 Å². The van der Waals surface area contributed by atoms with Crippen molar-refractivity contribution in [2.24, 2.45) is 0 Å². The molecule has 1 N–H and O–H groups in total. The topological polar surface area (TPSA) is 12.0 Å². The summed E-state index contributed by atoms with van der Waals surface area (Å²) in [5.74, 6) is -1.68. The molecule has 0 bridgehead atoms. The Kier molecular flexibility index (Phi) is 4.73. The number of hydrogen-bond donors (Lipinski definition) is 1. The molecule has 4 heteroatoms. The van der Waals surface area contributed by atoms with Crippen molar-refractivity contribution in [2.45, 2.75) is 26.4 Å². The van der Waals surface area contributed by atoms with Crippen LogP contribution in [0.3, 0.4) is 0 Å². The van der Waals surface area contributed by atoms with Crippen molar-refractivity contribution in [1.82, 2.24) is 5.32 Å². The van der Waals surface area contributed by atoms with Gasteiger partial charge in [-0.25, -0.2) is 8.78 Å². The summed E-state index contributed by atoms with van der Waals surface area (Å²) in [6.45, 7) is 4.59. The lowest BCUT2D eigenvalue weighted by Gasteiger charge is -2.14. The lowest BCUT2D eigenvalue weighted by Crippen LogP contribution is -2.22. The van der Waals surface area contributed by atoms with E-state index in [1.807, 2.05) is 13.8 Å². The molecule has 106 valence electrons. The van der Waals surface area contributed by atoms with Crippen LogP contribution in [0.1, 0.15) is 19.4 Å². The molecule has 0 radical (unpaired) electrons. The summed E-state index contributed by atoms with van der Waals surface area (Å²) in [6.07, 6.45) is 0. The summed E-state index contributed by atoms with van der Waals surface area (Å²) in [5, 5.41) is 3.83. The SMILES string of the molecule is CC(C)NCc1cc(Cl)ccc1-c1cccc(F)c1F. The van der Waals surface area contributed by atoms with Gasteiger partial charge in [-0.05, 0) is 29.3 Å². The molecule has 0 saturated carbocycles. The predicted molar refractivity (Wildman–Crippen MR) is 78.8 cm³/mol. The molecule has 0 unspecified atom stereocenters. The average Bonchev–Trinajstić information content (AvgIpc) is 2.40. The summed E-state index contributed by atoms with van der Waals surface area (Å²) >= 11 is 6.00. The number of halogens is 3. The number of nitrogens with one attached hydrogen (secondary N) is 1. The van der Waals surface area contributed by atoms with E-state index in [9.17, 15) is 8.78 Å². The standard InChI is InChI=1S/C16H16ClF2N/c1-10(2)20-9-11-8-12(17)6-7-13(11)14-4-3-5-15(18)16(14)19/h3-8,10,20H,9H2,1-2H3. The first kappa shape index (κ1) is 14.9. The highest BCUT2D eigenvalue weighted by atomic mass is 35.5. The number of rotatable bonds is 4. The van der Waals surface area contributed by atoms with Crippen molar-refractivity contribution >= 4 is 11.6 Å². The van der Waals surface area contributed by atoms with Crippen LogP contribution in [0.2, 0.25) is 5.02 Å². The van der Waals surface area contributed by atoms with Crippen LogP contribution in [-0.4, -0.2) is 6.04 Å². The summed E-state index contributed by atoms with van der Waals surface area (Å²) in [7, 11) is 0. The normalized spacial score (nSPS) is 11.1. The molecule has 1 nitrogen and oxygen atoms in total. The maximum Gasteiger partial charge on any atom is 0.166 e.